The standard InChI is InChI=1S/C6H13NO5/c8-1-2-12-6(11)7-3-5(10)4-9/h5,8-10H,1-4H2,(H,7,11). The van der Waals surface area contributed by atoms with E-state index in [1.54, 1.807) is 0 Å². The molecular weight excluding hydrogens is 166 g/mol. The average Bonchev–Trinajstić information content (AvgIpc) is 2.10. The summed E-state index contributed by atoms with van der Waals surface area (Å²) in [5, 5.41) is 27.5. The maximum Gasteiger partial charge on any atom is 0.407 e. The fraction of sp³-hybridized carbons (Fsp3) is 0.833. The second kappa shape index (κ2) is 6.84. The van der Waals surface area contributed by atoms with Gasteiger partial charge in [0.25, 0.3) is 0 Å². The van der Waals surface area contributed by atoms with Crippen LogP contribution < -0.4 is 5.32 Å². The minimum Gasteiger partial charge on any atom is -0.447 e. The maximum atomic E-state index is 10.6. The minimum absolute atomic E-state index is 0.0687. The topological polar surface area (TPSA) is 99.0 Å². The van der Waals surface area contributed by atoms with E-state index >= 15 is 0 Å². The zero-order valence-electron chi connectivity index (χ0n) is 6.56. The van der Waals surface area contributed by atoms with Gasteiger partial charge in [-0.2, -0.15) is 0 Å². The van der Waals surface area contributed by atoms with Crippen LogP contribution in [0.15, 0.2) is 0 Å². The zero-order valence-corrected chi connectivity index (χ0v) is 6.56. The summed E-state index contributed by atoms with van der Waals surface area (Å²) in [5.74, 6) is 0. The van der Waals surface area contributed by atoms with Gasteiger partial charge >= 0.3 is 6.09 Å². The summed E-state index contributed by atoms with van der Waals surface area (Å²) in [6.07, 6.45) is -1.71. The number of ether oxygens (including phenoxy) is 1. The Kier molecular flexibility index (Phi) is 6.35. The molecule has 0 fully saturated rings. The van der Waals surface area contributed by atoms with Crippen molar-refractivity contribution in [2.75, 3.05) is 26.4 Å². The molecule has 1 unspecified atom stereocenters. The van der Waals surface area contributed by atoms with Crippen molar-refractivity contribution in [2.45, 2.75) is 6.10 Å². The Labute approximate surface area is 69.8 Å². The van der Waals surface area contributed by atoms with Gasteiger partial charge in [0.2, 0.25) is 0 Å². The fourth-order valence-corrected chi connectivity index (χ4v) is 0.455. The Balaban J connectivity index is 3.31. The van der Waals surface area contributed by atoms with Crippen LogP contribution in [-0.2, 0) is 4.74 Å². The lowest BCUT2D eigenvalue weighted by Crippen LogP contribution is -2.34. The summed E-state index contributed by atoms with van der Waals surface area (Å²) in [4.78, 5) is 10.6. The summed E-state index contributed by atoms with van der Waals surface area (Å²) in [7, 11) is 0. The van der Waals surface area contributed by atoms with E-state index in [2.05, 4.69) is 10.1 Å². The number of aliphatic hydroxyl groups excluding tert-OH is 3. The van der Waals surface area contributed by atoms with Crippen molar-refractivity contribution in [3.63, 3.8) is 0 Å². The third-order valence-electron chi connectivity index (χ3n) is 1.02. The van der Waals surface area contributed by atoms with Gasteiger partial charge in [0.1, 0.15) is 6.61 Å². The molecule has 0 aromatic carbocycles. The van der Waals surface area contributed by atoms with Gasteiger partial charge in [-0.3, -0.25) is 0 Å². The molecule has 6 heteroatoms. The van der Waals surface area contributed by atoms with Crippen molar-refractivity contribution in [1.29, 1.82) is 0 Å². The van der Waals surface area contributed by atoms with E-state index in [-0.39, 0.29) is 19.8 Å². The Morgan fingerprint density at radius 3 is 2.67 bits per heavy atom. The predicted octanol–water partition coefficient (Wildman–Crippen LogP) is -1.94. The van der Waals surface area contributed by atoms with Crippen LogP contribution in [0.4, 0.5) is 4.79 Å². The van der Waals surface area contributed by atoms with Crippen LogP contribution in [-0.4, -0.2) is 53.9 Å². The van der Waals surface area contributed by atoms with E-state index in [0.29, 0.717) is 0 Å². The Bertz CT molecular complexity index is 129. The van der Waals surface area contributed by atoms with Crippen LogP contribution >= 0.6 is 0 Å². The molecule has 0 aliphatic carbocycles. The van der Waals surface area contributed by atoms with E-state index in [1.807, 2.05) is 0 Å². The summed E-state index contributed by atoms with van der Waals surface area (Å²) < 4.78 is 4.39. The maximum absolute atomic E-state index is 10.6. The van der Waals surface area contributed by atoms with Gasteiger partial charge in [0.15, 0.2) is 0 Å². The number of hydrogen-bond donors (Lipinski definition) is 4. The molecule has 6 nitrogen and oxygen atoms in total. The van der Waals surface area contributed by atoms with Crippen molar-refractivity contribution in [3.05, 3.63) is 0 Å². The summed E-state index contributed by atoms with van der Waals surface area (Å²) in [6, 6.07) is 0. The van der Waals surface area contributed by atoms with Gasteiger partial charge in [-0.05, 0) is 0 Å². The van der Waals surface area contributed by atoms with Crippen LogP contribution in [0.3, 0.4) is 0 Å². The number of carbonyl (C=O) groups is 1. The smallest absolute Gasteiger partial charge is 0.407 e. The molecule has 4 N–H and O–H groups in total. The molecule has 0 aromatic rings. The number of nitrogens with one attached hydrogen (secondary N) is 1. The molecule has 0 saturated carbocycles. The van der Waals surface area contributed by atoms with Gasteiger partial charge in [-0.25, -0.2) is 4.79 Å². The third kappa shape index (κ3) is 5.90. The van der Waals surface area contributed by atoms with E-state index < -0.39 is 18.8 Å². The number of hydrogen-bond acceptors (Lipinski definition) is 5. The first-order valence-corrected chi connectivity index (χ1v) is 3.51. The highest BCUT2D eigenvalue weighted by molar-refractivity contribution is 5.67. The van der Waals surface area contributed by atoms with Gasteiger partial charge in [0, 0.05) is 6.54 Å². The highest BCUT2D eigenvalue weighted by Gasteiger charge is 2.05. The molecule has 0 bridgehead atoms. The zero-order chi connectivity index (χ0) is 9.40. The molecule has 0 rings (SSSR count). The second-order valence-electron chi connectivity index (χ2n) is 2.08. The van der Waals surface area contributed by atoms with Crippen LogP contribution in [0.25, 0.3) is 0 Å². The largest absolute Gasteiger partial charge is 0.447 e. The van der Waals surface area contributed by atoms with Crippen molar-refractivity contribution in [1.82, 2.24) is 5.32 Å². The van der Waals surface area contributed by atoms with Crippen LogP contribution in [0.2, 0.25) is 0 Å². The normalized spacial score (nSPS) is 12.2. The van der Waals surface area contributed by atoms with Gasteiger partial charge < -0.3 is 25.4 Å². The lowest BCUT2D eigenvalue weighted by molar-refractivity contribution is 0.0846. The summed E-state index contributed by atoms with van der Waals surface area (Å²) in [5.41, 5.74) is 0. The fourth-order valence-electron chi connectivity index (χ4n) is 0.455. The summed E-state index contributed by atoms with van der Waals surface area (Å²) >= 11 is 0. The van der Waals surface area contributed by atoms with Crippen molar-refractivity contribution >= 4 is 6.09 Å². The Morgan fingerprint density at radius 2 is 2.17 bits per heavy atom. The predicted molar refractivity (Wildman–Crippen MR) is 39.5 cm³/mol. The lowest BCUT2D eigenvalue weighted by atomic mass is 10.4. The number of alkyl carbamates (subject to hydrolysis) is 1. The molecule has 0 aromatic heterocycles. The monoisotopic (exact) mass is 179 g/mol. The van der Waals surface area contributed by atoms with Crippen molar-refractivity contribution < 1.29 is 24.9 Å². The molecule has 0 aliphatic rings. The number of carbonyl (C=O) groups excluding carboxylic acids is 1. The highest BCUT2D eigenvalue weighted by Crippen LogP contribution is 1.80. The molecule has 0 radical (unpaired) electrons. The van der Waals surface area contributed by atoms with Crippen LogP contribution in [0.5, 0.6) is 0 Å². The molecule has 0 saturated heterocycles. The molecule has 0 aliphatic heterocycles. The second-order valence-corrected chi connectivity index (χ2v) is 2.08. The molecule has 1 amide bonds. The minimum atomic E-state index is -0.980. The number of aliphatic hydroxyl groups is 3. The lowest BCUT2D eigenvalue weighted by Gasteiger charge is -2.08. The van der Waals surface area contributed by atoms with Crippen LogP contribution in [0.1, 0.15) is 0 Å². The quantitative estimate of drug-likeness (QED) is 0.393. The first kappa shape index (κ1) is 11.2. The highest BCUT2D eigenvalue weighted by atomic mass is 16.6. The van der Waals surface area contributed by atoms with Gasteiger partial charge in [-0.1, -0.05) is 0 Å². The Morgan fingerprint density at radius 1 is 1.50 bits per heavy atom. The molecule has 72 valence electrons. The SMILES string of the molecule is O=C(NCC(O)CO)OCCO. The first-order chi connectivity index (χ1) is 5.70. The van der Waals surface area contributed by atoms with E-state index in [4.69, 9.17) is 15.3 Å². The molecule has 12 heavy (non-hydrogen) atoms. The van der Waals surface area contributed by atoms with Gasteiger partial charge in [0.05, 0.1) is 19.3 Å². The van der Waals surface area contributed by atoms with E-state index in [9.17, 15) is 4.79 Å². The molecule has 0 heterocycles. The van der Waals surface area contributed by atoms with Crippen molar-refractivity contribution in [2.24, 2.45) is 0 Å². The average molecular weight is 179 g/mol. The molecule has 0 spiro atoms. The molecule has 1 atom stereocenters. The van der Waals surface area contributed by atoms with Crippen LogP contribution in [0, 0.1) is 0 Å². The third-order valence-corrected chi connectivity index (χ3v) is 1.02. The molecular formula is C6H13NO5. The number of rotatable bonds is 5. The van der Waals surface area contributed by atoms with Crippen molar-refractivity contribution in [3.8, 4) is 0 Å². The van der Waals surface area contributed by atoms with E-state index in [1.165, 1.54) is 0 Å². The Hall–Kier alpha value is -0.850. The number of amides is 1. The van der Waals surface area contributed by atoms with Gasteiger partial charge in [-0.15, -0.1) is 0 Å². The first-order valence-electron chi connectivity index (χ1n) is 3.51. The van der Waals surface area contributed by atoms with E-state index in [0.717, 1.165) is 0 Å². The summed E-state index contributed by atoms with van der Waals surface area (Å²) in [6.45, 7) is -0.807.